The molecule has 1 aromatic carbocycles. The zero-order valence-corrected chi connectivity index (χ0v) is 12.6. The second-order valence-electron chi connectivity index (χ2n) is 5.23. The second-order valence-corrected chi connectivity index (χ2v) is 5.23. The van der Waals surface area contributed by atoms with Crippen molar-refractivity contribution in [1.82, 2.24) is 5.32 Å². The molecule has 21 heavy (non-hydrogen) atoms. The smallest absolute Gasteiger partial charge is 0.129 e. The van der Waals surface area contributed by atoms with Crippen LogP contribution in [0.15, 0.2) is 47.1 Å². The van der Waals surface area contributed by atoms with Gasteiger partial charge in [-0.25, -0.2) is 0 Å². The minimum atomic E-state index is -0.536. The minimum absolute atomic E-state index is 0.200. The first-order valence-corrected chi connectivity index (χ1v) is 7.24. The predicted molar refractivity (Wildman–Crippen MR) is 82.0 cm³/mol. The van der Waals surface area contributed by atoms with Crippen molar-refractivity contribution < 1.29 is 14.3 Å². The molecule has 0 spiro atoms. The maximum Gasteiger partial charge on any atom is 0.129 e. The lowest BCUT2D eigenvalue weighted by Crippen LogP contribution is -2.32. The molecule has 4 nitrogen and oxygen atoms in total. The lowest BCUT2D eigenvalue weighted by molar-refractivity contribution is 0.0217. The van der Waals surface area contributed by atoms with Crippen molar-refractivity contribution >= 4 is 0 Å². The number of furan rings is 1. The summed E-state index contributed by atoms with van der Waals surface area (Å²) in [4.78, 5) is 0. The molecule has 2 unspecified atom stereocenters. The van der Waals surface area contributed by atoms with E-state index in [1.165, 1.54) is 11.1 Å². The lowest BCUT2D eigenvalue weighted by Gasteiger charge is -2.19. The summed E-state index contributed by atoms with van der Waals surface area (Å²) in [5.74, 6) is 0.767. The van der Waals surface area contributed by atoms with Crippen molar-refractivity contribution in [2.24, 2.45) is 0 Å². The Hall–Kier alpha value is -1.62. The van der Waals surface area contributed by atoms with Crippen LogP contribution in [-0.4, -0.2) is 24.4 Å². The Morgan fingerprint density at radius 1 is 1.24 bits per heavy atom. The Kier molecular flexibility index (Phi) is 5.99. The molecule has 0 aliphatic rings. The van der Waals surface area contributed by atoms with Crippen LogP contribution < -0.4 is 5.32 Å². The molecule has 2 atom stereocenters. The molecule has 2 rings (SSSR count). The summed E-state index contributed by atoms with van der Waals surface area (Å²) in [5.41, 5.74) is 2.50. The lowest BCUT2D eigenvalue weighted by atomic mass is 10.0. The molecule has 114 valence electrons. The van der Waals surface area contributed by atoms with Crippen LogP contribution in [0.4, 0.5) is 0 Å². The van der Waals surface area contributed by atoms with Crippen molar-refractivity contribution in [3.8, 4) is 0 Å². The standard InChI is InChI=1S/C17H23NO3/c1-13-6-3-4-8-17(13)14(2)18-10-15(19)11-20-12-16-7-5-9-21-16/h3-9,14-15,18-19H,10-12H2,1-2H3. The maximum atomic E-state index is 9.92. The molecule has 0 fully saturated rings. The van der Waals surface area contributed by atoms with Gasteiger partial charge in [-0.1, -0.05) is 24.3 Å². The quantitative estimate of drug-likeness (QED) is 0.784. The molecule has 4 heteroatoms. The van der Waals surface area contributed by atoms with Crippen LogP contribution in [0.25, 0.3) is 0 Å². The van der Waals surface area contributed by atoms with Gasteiger partial charge in [0.05, 0.1) is 19.0 Å². The fraction of sp³-hybridized carbons (Fsp3) is 0.412. The van der Waals surface area contributed by atoms with E-state index in [0.29, 0.717) is 13.2 Å². The average molecular weight is 289 g/mol. The van der Waals surface area contributed by atoms with Crippen LogP contribution in [0.5, 0.6) is 0 Å². The third-order valence-corrected chi connectivity index (χ3v) is 3.45. The van der Waals surface area contributed by atoms with Gasteiger partial charge in [-0.2, -0.15) is 0 Å². The van der Waals surface area contributed by atoms with Crippen molar-refractivity contribution in [2.45, 2.75) is 32.6 Å². The van der Waals surface area contributed by atoms with Gasteiger partial charge in [0.1, 0.15) is 12.4 Å². The van der Waals surface area contributed by atoms with E-state index < -0.39 is 6.10 Å². The zero-order valence-electron chi connectivity index (χ0n) is 12.6. The fourth-order valence-electron chi connectivity index (χ4n) is 2.24. The Labute approximate surface area is 125 Å². The second kappa shape index (κ2) is 7.98. The topological polar surface area (TPSA) is 54.6 Å². The number of nitrogens with one attached hydrogen (secondary N) is 1. The molecule has 2 N–H and O–H groups in total. The van der Waals surface area contributed by atoms with Crippen molar-refractivity contribution in [3.63, 3.8) is 0 Å². The van der Waals surface area contributed by atoms with E-state index in [0.717, 1.165) is 5.76 Å². The van der Waals surface area contributed by atoms with Gasteiger partial charge in [0.2, 0.25) is 0 Å². The minimum Gasteiger partial charge on any atom is -0.467 e. The van der Waals surface area contributed by atoms with E-state index in [4.69, 9.17) is 9.15 Å². The van der Waals surface area contributed by atoms with Crippen molar-refractivity contribution in [1.29, 1.82) is 0 Å². The van der Waals surface area contributed by atoms with E-state index in [9.17, 15) is 5.11 Å². The van der Waals surface area contributed by atoms with Crippen LogP contribution in [0, 0.1) is 6.92 Å². The highest BCUT2D eigenvalue weighted by Gasteiger charge is 2.10. The van der Waals surface area contributed by atoms with Crippen molar-refractivity contribution in [2.75, 3.05) is 13.2 Å². The number of benzene rings is 1. The monoisotopic (exact) mass is 289 g/mol. The van der Waals surface area contributed by atoms with Gasteiger partial charge < -0.3 is 19.6 Å². The zero-order chi connectivity index (χ0) is 15.1. The molecule has 0 amide bonds. The van der Waals surface area contributed by atoms with E-state index in [2.05, 4.69) is 31.3 Å². The van der Waals surface area contributed by atoms with E-state index in [1.807, 2.05) is 24.3 Å². The van der Waals surface area contributed by atoms with Crippen LogP contribution in [0.1, 0.15) is 29.9 Å². The average Bonchev–Trinajstić information content (AvgIpc) is 2.98. The number of ether oxygens (including phenoxy) is 1. The summed E-state index contributed by atoms with van der Waals surface area (Å²) in [7, 11) is 0. The first-order chi connectivity index (χ1) is 10.2. The Morgan fingerprint density at radius 2 is 2.05 bits per heavy atom. The summed E-state index contributed by atoms with van der Waals surface area (Å²) in [6, 6.07) is 12.1. The largest absolute Gasteiger partial charge is 0.467 e. The molecular formula is C17H23NO3. The van der Waals surface area contributed by atoms with Crippen LogP contribution in [0.2, 0.25) is 0 Å². The number of aliphatic hydroxyl groups is 1. The van der Waals surface area contributed by atoms with Crippen LogP contribution in [-0.2, 0) is 11.3 Å². The van der Waals surface area contributed by atoms with Crippen LogP contribution >= 0.6 is 0 Å². The highest BCUT2D eigenvalue weighted by Crippen LogP contribution is 2.16. The molecule has 1 heterocycles. The Morgan fingerprint density at radius 3 is 2.76 bits per heavy atom. The van der Waals surface area contributed by atoms with E-state index >= 15 is 0 Å². The summed E-state index contributed by atoms with van der Waals surface area (Å²) in [6.07, 6.45) is 1.08. The molecule has 1 aromatic heterocycles. The molecule has 0 bridgehead atoms. The summed E-state index contributed by atoms with van der Waals surface area (Å²) in [5, 5.41) is 13.3. The van der Waals surface area contributed by atoms with Gasteiger partial charge >= 0.3 is 0 Å². The SMILES string of the molecule is Cc1ccccc1C(C)NCC(O)COCc1ccco1. The third-order valence-electron chi connectivity index (χ3n) is 3.45. The summed E-state index contributed by atoms with van der Waals surface area (Å²) >= 11 is 0. The first-order valence-electron chi connectivity index (χ1n) is 7.24. The summed E-state index contributed by atoms with van der Waals surface area (Å²) in [6.45, 7) is 5.36. The molecule has 0 aliphatic carbocycles. The molecule has 2 aromatic rings. The maximum absolute atomic E-state index is 9.92. The molecule has 0 aliphatic heterocycles. The molecule has 0 radical (unpaired) electrons. The highest BCUT2D eigenvalue weighted by molar-refractivity contribution is 5.28. The molecule has 0 saturated carbocycles. The van der Waals surface area contributed by atoms with Gasteiger partial charge in [0.15, 0.2) is 0 Å². The van der Waals surface area contributed by atoms with Gasteiger partial charge in [0.25, 0.3) is 0 Å². The number of aryl methyl sites for hydroxylation is 1. The summed E-state index contributed by atoms with van der Waals surface area (Å²) < 4.78 is 10.6. The Bertz CT molecular complexity index is 525. The molecule has 0 saturated heterocycles. The first kappa shape index (κ1) is 15.8. The number of hydrogen-bond acceptors (Lipinski definition) is 4. The third kappa shape index (κ3) is 5.01. The highest BCUT2D eigenvalue weighted by atomic mass is 16.5. The van der Waals surface area contributed by atoms with E-state index in [-0.39, 0.29) is 12.6 Å². The normalized spacial score (nSPS) is 14.0. The number of aliphatic hydroxyl groups excluding tert-OH is 1. The Balaban J connectivity index is 1.68. The van der Waals surface area contributed by atoms with Crippen molar-refractivity contribution in [3.05, 3.63) is 59.5 Å². The number of rotatable bonds is 8. The van der Waals surface area contributed by atoms with Gasteiger partial charge in [-0.15, -0.1) is 0 Å². The van der Waals surface area contributed by atoms with Gasteiger partial charge in [-0.3, -0.25) is 0 Å². The van der Waals surface area contributed by atoms with Crippen LogP contribution in [0.3, 0.4) is 0 Å². The number of hydrogen-bond donors (Lipinski definition) is 2. The fourth-order valence-corrected chi connectivity index (χ4v) is 2.24. The van der Waals surface area contributed by atoms with Gasteiger partial charge in [-0.05, 0) is 37.1 Å². The predicted octanol–water partition coefficient (Wildman–Crippen LogP) is 2.82. The van der Waals surface area contributed by atoms with E-state index in [1.54, 1.807) is 6.26 Å². The molecular weight excluding hydrogens is 266 g/mol. The van der Waals surface area contributed by atoms with Gasteiger partial charge in [0, 0.05) is 12.6 Å².